The third-order valence-electron chi connectivity index (χ3n) is 5.23. The van der Waals surface area contributed by atoms with Crippen molar-refractivity contribution in [3.63, 3.8) is 0 Å². The van der Waals surface area contributed by atoms with Gasteiger partial charge in [-0.25, -0.2) is 8.42 Å². The van der Waals surface area contributed by atoms with E-state index in [0.717, 1.165) is 0 Å². The van der Waals surface area contributed by atoms with E-state index in [1.807, 2.05) is 47.8 Å². The molecule has 30 heavy (non-hydrogen) atoms. The van der Waals surface area contributed by atoms with E-state index in [2.05, 4.69) is 0 Å². The highest BCUT2D eigenvalue weighted by atomic mass is 35.5. The zero-order chi connectivity index (χ0) is 21.1. The molecule has 0 radical (unpaired) electrons. The Bertz CT molecular complexity index is 983. The summed E-state index contributed by atoms with van der Waals surface area (Å²) < 4.78 is 27.5. The van der Waals surface area contributed by atoms with E-state index < -0.39 is 10.0 Å². The van der Waals surface area contributed by atoms with Gasteiger partial charge in [0.25, 0.3) is 5.91 Å². The van der Waals surface area contributed by atoms with Gasteiger partial charge < -0.3 is 4.90 Å². The summed E-state index contributed by atoms with van der Waals surface area (Å²) in [5.41, 5.74) is 1.90. The molecule has 0 N–H and O–H groups in total. The van der Waals surface area contributed by atoms with Crippen LogP contribution in [0.25, 0.3) is 0 Å². The fraction of sp³-hybridized carbons (Fsp3) is 0.381. The van der Waals surface area contributed by atoms with E-state index in [1.54, 1.807) is 17.0 Å². The first kappa shape index (κ1) is 22.0. The Hall–Kier alpha value is -1.19. The fourth-order valence-corrected chi connectivity index (χ4v) is 7.98. The van der Waals surface area contributed by atoms with Crippen LogP contribution >= 0.6 is 35.1 Å². The van der Waals surface area contributed by atoms with E-state index >= 15 is 0 Å². The molecule has 2 aromatic rings. The highest BCUT2D eigenvalue weighted by Crippen LogP contribution is 2.43. The maximum Gasteiger partial charge on any atom is 0.253 e. The molecule has 160 valence electrons. The first-order valence-corrected chi connectivity index (χ1v) is 13.7. The minimum atomic E-state index is -3.58. The number of thioether (sulfide) groups is 2. The van der Waals surface area contributed by atoms with Gasteiger partial charge in [-0.1, -0.05) is 23.7 Å². The number of carbonyl (C=O) groups excluding carboxylic acids is 1. The Morgan fingerprint density at radius 3 is 2.10 bits per heavy atom. The van der Waals surface area contributed by atoms with E-state index in [9.17, 15) is 13.2 Å². The zero-order valence-corrected chi connectivity index (χ0v) is 19.6. The lowest BCUT2D eigenvalue weighted by Crippen LogP contribution is -2.50. The van der Waals surface area contributed by atoms with Gasteiger partial charge in [-0.15, -0.1) is 23.5 Å². The number of carbonyl (C=O) groups is 1. The topological polar surface area (TPSA) is 57.7 Å². The second-order valence-corrected chi connectivity index (χ2v) is 12.3. The van der Waals surface area contributed by atoms with Crippen molar-refractivity contribution in [2.45, 2.75) is 15.9 Å². The van der Waals surface area contributed by atoms with Gasteiger partial charge in [-0.2, -0.15) is 4.31 Å². The van der Waals surface area contributed by atoms with Crippen molar-refractivity contribution < 1.29 is 13.2 Å². The Morgan fingerprint density at radius 1 is 0.900 bits per heavy atom. The van der Waals surface area contributed by atoms with Crippen LogP contribution in [-0.2, 0) is 10.0 Å². The minimum Gasteiger partial charge on any atom is -0.336 e. The highest BCUT2D eigenvalue weighted by Gasteiger charge is 2.30. The summed E-state index contributed by atoms with van der Waals surface area (Å²) >= 11 is 9.77. The van der Waals surface area contributed by atoms with Crippen LogP contribution in [0.5, 0.6) is 0 Å². The van der Waals surface area contributed by atoms with Crippen LogP contribution in [0.3, 0.4) is 0 Å². The fourth-order valence-electron chi connectivity index (χ4n) is 3.53. The maximum atomic E-state index is 12.9. The monoisotopic (exact) mass is 482 g/mol. The molecule has 0 atom stereocenters. The van der Waals surface area contributed by atoms with E-state index in [-0.39, 0.29) is 23.9 Å². The van der Waals surface area contributed by atoms with Crippen LogP contribution in [0.15, 0.2) is 53.4 Å². The van der Waals surface area contributed by atoms with Gasteiger partial charge in [0.05, 0.1) is 9.48 Å². The highest BCUT2D eigenvalue weighted by molar-refractivity contribution is 8.16. The Kier molecular flexibility index (Phi) is 6.99. The summed E-state index contributed by atoms with van der Waals surface area (Å²) in [5.74, 6) is 2.32. The van der Waals surface area contributed by atoms with Crippen molar-refractivity contribution in [2.75, 3.05) is 37.7 Å². The number of hydrogen-bond donors (Lipinski definition) is 0. The normalized spacial score (nSPS) is 19.0. The molecule has 0 aromatic heterocycles. The third-order valence-corrected chi connectivity index (χ3v) is 10.4. The smallest absolute Gasteiger partial charge is 0.253 e. The van der Waals surface area contributed by atoms with Crippen molar-refractivity contribution in [3.8, 4) is 0 Å². The molecule has 1 amide bonds. The number of nitrogens with zero attached hydrogens (tertiary/aromatic N) is 2. The van der Waals surface area contributed by atoms with Gasteiger partial charge in [0, 0.05) is 36.8 Å². The second kappa shape index (κ2) is 9.53. The molecule has 2 saturated heterocycles. The molecule has 2 aromatic carbocycles. The lowest BCUT2D eigenvalue weighted by molar-refractivity contribution is 0.0698. The molecular weight excluding hydrogens is 460 g/mol. The Morgan fingerprint density at radius 2 is 1.50 bits per heavy atom. The summed E-state index contributed by atoms with van der Waals surface area (Å²) in [7, 11) is -3.58. The van der Waals surface area contributed by atoms with Gasteiger partial charge in [0.15, 0.2) is 0 Å². The third kappa shape index (κ3) is 4.83. The summed E-state index contributed by atoms with van der Waals surface area (Å²) in [6.07, 6.45) is 1.25. The van der Waals surface area contributed by atoms with Gasteiger partial charge in [-0.3, -0.25) is 4.79 Å². The second-order valence-electron chi connectivity index (χ2n) is 7.20. The molecule has 4 rings (SSSR count). The molecule has 0 bridgehead atoms. The number of benzene rings is 2. The van der Waals surface area contributed by atoms with Crippen molar-refractivity contribution in [3.05, 3.63) is 64.7 Å². The molecular formula is C21H23ClN2O3S3. The maximum absolute atomic E-state index is 12.9. The molecule has 0 saturated carbocycles. The van der Waals surface area contributed by atoms with Crippen LogP contribution in [0.1, 0.15) is 26.9 Å². The predicted octanol–water partition coefficient (Wildman–Crippen LogP) is 4.36. The van der Waals surface area contributed by atoms with Gasteiger partial charge in [0.2, 0.25) is 10.0 Å². The quantitative estimate of drug-likeness (QED) is 0.648. The van der Waals surface area contributed by atoms with Crippen LogP contribution in [0.2, 0.25) is 5.02 Å². The van der Waals surface area contributed by atoms with Crippen molar-refractivity contribution >= 4 is 51.1 Å². The van der Waals surface area contributed by atoms with Crippen molar-refractivity contribution in [1.82, 2.24) is 9.21 Å². The molecule has 5 nitrogen and oxygen atoms in total. The summed E-state index contributed by atoms with van der Waals surface area (Å²) in [6, 6.07) is 14.0. The molecule has 2 fully saturated rings. The van der Waals surface area contributed by atoms with Crippen LogP contribution in [-0.4, -0.2) is 61.2 Å². The van der Waals surface area contributed by atoms with Crippen LogP contribution in [0.4, 0.5) is 0 Å². The first-order chi connectivity index (χ1) is 14.4. The minimum absolute atomic E-state index is 0.0472. The molecule has 2 aliphatic rings. The molecule has 9 heteroatoms. The first-order valence-electron chi connectivity index (χ1n) is 9.83. The van der Waals surface area contributed by atoms with Crippen LogP contribution < -0.4 is 0 Å². The van der Waals surface area contributed by atoms with Gasteiger partial charge >= 0.3 is 0 Å². The van der Waals surface area contributed by atoms with Crippen molar-refractivity contribution in [1.29, 1.82) is 0 Å². The molecule has 0 spiro atoms. The van der Waals surface area contributed by atoms with E-state index in [4.69, 9.17) is 11.6 Å². The standard InChI is InChI=1S/C21H23ClN2O3S3/c22-18-6-8-19(9-7-18)30(26,27)24-12-10-23(11-13-24)20(25)16-2-4-17(5-3-16)21-28-14-1-15-29-21/h2-9,21H,1,10-15H2. The summed E-state index contributed by atoms with van der Waals surface area (Å²) in [4.78, 5) is 14.8. The average molecular weight is 483 g/mol. The lowest BCUT2D eigenvalue weighted by Gasteiger charge is -2.34. The molecule has 0 aliphatic carbocycles. The SMILES string of the molecule is O=C(c1ccc(C2SCCCS2)cc1)N1CCN(S(=O)(=O)c2ccc(Cl)cc2)CC1. The van der Waals surface area contributed by atoms with Crippen LogP contribution in [0, 0.1) is 0 Å². The molecule has 0 unspecified atom stereocenters. The number of hydrogen-bond acceptors (Lipinski definition) is 5. The number of piperazine rings is 1. The number of rotatable bonds is 4. The zero-order valence-electron chi connectivity index (χ0n) is 16.4. The summed E-state index contributed by atoms with van der Waals surface area (Å²) in [5, 5.41) is 0.496. The van der Waals surface area contributed by atoms with Gasteiger partial charge in [-0.05, 0) is 59.9 Å². The Balaban J connectivity index is 1.37. The van der Waals surface area contributed by atoms with E-state index in [1.165, 1.54) is 39.9 Å². The molecule has 2 aliphatic heterocycles. The van der Waals surface area contributed by atoms with Crippen molar-refractivity contribution in [2.24, 2.45) is 0 Å². The summed E-state index contributed by atoms with van der Waals surface area (Å²) in [6.45, 7) is 1.32. The van der Waals surface area contributed by atoms with E-state index in [0.29, 0.717) is 28.3 Å². The Labute approximate surface area is 191 Å². The average Bonchev–Trinajstić information content (AvgIpc) is 2.80. The largest absolute Gasteiger partial charge is 0.336 e. The lowest BCUT2D eigenvalue weighted by atomic mass is 10.1. The van der Waals surface area contributed by atoms with Gasteiger partial charge in [0.1, 0.15) is 0 Å². The number of amides is 1. The molecule has 2 heterocycles. The predicted molar refractivity (Wildman–Crippen MR) is 125 cm³/mol. The number of halogens is 1. The number of sulfonamides is 1.